The topological polar surface area (TPSA) is 430 Å². The summed E-state index contributed by atoms with van der Waals surface area (Å²) in [6.07, 6.45) is -33.3. The molecule has 0 unspecified atom stereocenters. The fraction of sp³-hybridized carbons (Fsp3) is 0.932. The SMILES string of the molecule is C[C@@H]1O[C@@H](O[C@H]2[C@H](O[C@H]3CC[C@@]4(C)[C@@H](CC[C@]5(C)[C@@H]4C(=O)C=C4[C@@H]6CC(C)(C)CC[C@]6(C(=O)O[C@@H]6O[C@H](CO[C@@H]7O[C@H](CO)[C@@H](O[C@@H]8O[C@@H](C)[C@H](O)[C@@H](O)[C@H]8O)[C@H](O)[C@H]7O)[C@@H](O)[C@H](O)[C@H]6O)CC[C@]45C)[C@]3(C)CO)OC[C@H](O)[C@@H]2O)[C@H](O)[C@H](O)[C@H]1O. The summed E-state index contributed by atoms with van der Waals surface area (Å²) in [4.78, 5) is 30.7. The van der Waals surface area contributed by atoms with Crippen molar-refractivity contribution in [3.05, 3.63) is 11.6 Å². The minimum Gasteiger partial charge on any atom is -0.432 e. The molecule has 4 saturated carbocycles. The van der Waals surface area contributed by atoms with Crippen LogP contribution < -0.4 is 0 Å². The molecule has 33 atom stereocenters. The van der Waals surface area contributed by atoms with Gasteiger partial charge >= 0.3 is 5.97 Å². The summed E-state index contributed by atoms with van der Waals surface area (Å²) in [6, 6.07) is 0. The van der Waals surface area contributed by atoms with E-state index in [2.05, 4.69) is 34.6 Å². The average Bonchev–Trinajstić information content (AvgIpc) is 0.678. The van der Waals surface area contributed by atoms with E-state index in [9.17, 15) is 76.6 Å². The maximum atomic E-state index is 15.5. The second-order valence-corrected chi connectivity index (χ2v) is 28.5. The van der Waals surface area contributed by atoms with Crippen LogP contribution in [0.3, 0.4) is 0 Å². The van der Waals surface area contributed by atoms with E-state index in [0.717, 1.165) is 5.57 Å². The molecule has 0 radical (unpaired) electrons. The number of hydrogen-bond acceptors (Lipinski definition) is 27. The lowest BCUT2D eigenvalue weighted by Gasteiger charge is -2.70. The van der Waals surface area contributed by atoms with Crippen LogP contribution in [0, 0.1) is 50.2 Å². The second-order valence-electron chi connectivity index (χ2n) is 28.5. The molecule has 10 rings (SSSR count). The molecule has 0 aromatic heterocycles. The van der Waals surface area contributed by atoms with Crippen molar-refractivity contribution < 1.29 is 134 Å². The van der Waals surface area contributed by atoms with Gasteiger partial charge in [0, 0.05) is 11.3 Å². The highest BCUT2D eigenvalue weighted by Crippen LogP contribution is 2.75. The third kappa shape index (κ3) is 11.0. The lowest BCUT2D eigenvalue weighted by atomic mass is 9.33. The highest BCUT2D eigenvalue weighted by Gasteiger charge is 2.72. The van der Waals surface area contributed by atoms with Crippen LogP contribution in [-0.4, -0.2) is 268 Å². The number of fused-ring (bicyclic) bond motifs is 7. The van der Waals surface area contributed by atoms with E-state index in [0.29, 0.717) is 57.8 Å². The molecule has 86 heavy (non-hydrogen) atoms. The molecule has 9 fully saturated rings. The zero-order valence-corrected chi connectivity index (χ0v) is 50.0. The molecular formula is C59H94O27. The number of carbonyl (C=O) groups is 2. The van der Waals surface area contributed by atoms with Crippen molar-refractivity contribution in [2.45, 2.75) is 267 Å². The first-order valence-corrected chi connectivity index (χ1v) is 30.6. The Hall–Kier alpha value is -2.08. The Morgan fingerprint density at radius 3 is 1.77 bits per heavy atom. The smallest absolute Gasteiger partial charge is 0.315 e. The monoisotopic (exact) mass is 1230 g/mol. The van der Waals surface area contributed by atoms with Crippen molar-refractivity contribution in [3.63, 3.8) is 0 Å². The number of esters is 1. The summed E-state index contributed by atoms with van der Waals surface area (Å²) in [5, 5.41) is 162. The Bertz CT molecular complexity index is 2450. The van der Waals surface area contributed by atoms with Crippen molar-refractivity contribution in [2.75, 3.05) is 26.4 Å². The summed E-state index contributed by atoms with van der Waals surface area (Å²) < 4.78 is 59.1. The molecule has 27 nitrogen and oxygen atoms in total. The van der Waals surface area contributed by atoms with Crippen LogP contribution in [-0.2, 0) is 57.0 Å². The normalized spacial score (nSPS) is 54.8. The summed E-state index contributed by atoms with van der Waals surface area (Å²) in [5.41, 5.74) is -3.74. The Morgan fingerprint density at radius 2 is 1.15 bits per heavy atom. The van der Waals surface area contributed by atoms with Gasteiger partial charge < -0.3 is 124 Å². The van der Waals surface area contributed by atoms with E-state index in [1.807, 2.05) is 6.92 Å². The molecule has 0 spiro atoms. The quantitative estimate of drug-likeness (QED) is 0.0632. The molecule has 15 N–H and O–H groups in total. The number of allylic oxidation sites excluding steroid dienone is 2. The number of aliphatic hydroxyl groups is 15. The Balaban J connectivity index is 0.846. The van der Waals surface area contributed by atoms with Crippen LogP contribution in [0.2, 0.25) is 0 Å². The predicted molar refractivity (Wildman–Crippen MR) is 288 cm³/mol. The fourth-order valence-corrected chi connectivity index (χ4v) is 17.3. The molecule has 5 saturated heterocycles. The van der Waals surface area contributed by atoms with E-state index in [1.165, 1.54) is 13.8 Å². The number of hydrogen-bond donors (Lipinski definition) is 15. The minimum absolute atomic E-state index is 0.112. The van der Waals surface area contributed by atoms with Gasteiger partial charge in [-0.1, -0.05) is 47.1 Å². The van der Waals surface area contributed by atoms with Crippen LogP contribution in [0.25, 0.3) is 0 Å². The molecule has 492 valence electrons. The van der Waals surface area contributed by atoms with Gasteiger partial charge in [0.1, 0.15) is 104 Å². The molecule has 5 heterocycles. The highest BCUT2D eigenvalue weighted by atomic mass is 16.8. The molecule has 5 aliphatic carbocycles. The Labute approximate surface area is 499 Å². The van der Waals surface area contributed by atoms with Crippen LogP contribution >= 0.6 is 0 Å². The molecule has 10 aliphatic rings. The van der Waals surface area contributed by atoms with Crippen LogP contribution in [0.5, 0.6) is 0 Å². The molecular weight excluding hydrogens is 1140 g/mol. The lowest BCUT2D eigenvalue weighted by Crippen LogP contribution is -2.68. The van der Waals surface area contributed by atoms with Crippen molar-refractivity contribution >= 4 is 11.8 Å². The maximum absolute atomic E-state index is 15.5. The van der Waals surface area contributed by atoms with E-state index in [1.54, 1.807) is 6.08 Å². The first kappa shape index (κ1) is 66.8. The predicted octanol–water partition coefficient (Wildman–Crippen LogP) is -3.37. The van der Waals surface area contributed by atoms with Crippen LogP contribution in [0.15, 0.2) is 11.6 Å². The summed E-state index contributed by atoms with van der Waals surface area (Å²) >= 11 is 0. The molecule has 0 aromatic rings. The van der Waals surface area contributed by atoms with E-state index in [4.69, 9.17) is 47.4 Å². The number of ketones is 1. The number of carbonyl (C=O) groups excluding carboxylic acids is 2. The Morgan fingerprint density at radius 1 is 0.581 bits per heavy atom. The van der Waals surface area contributed by atoms with Crippen molar-refractivity contribution in [3.8, 4) is 0 Å². The average molecular weight is 1240 g/mol. The first-order valence-electron chi connectivity index (χ1n) is 30.6. The maximum Gasteiger partial charge on any atom is 0.315 e. The van der Waals surface area contributed by atoms with E-state index < -0.39 is 212 Å². The highest BCUT2D eigenvalue weighted by molar-refractivity contribution is 5.96. The Kier molecular flexibility index (Phi) is 19.0. The molecule has 27 heteroatoms. The van der Waals surface area contributed by atoms with Gasteiger partial charge in [-0.25, -0.2) is 0 Å². The molecule has 0 aromatic carbocycles. The minimum atomic E-state index is -1.95. The third-order valence-electron chi connectivity index (χ3n) is 22.9. The van der Waals surface area contributed by atoms with Crippen molar-refractivity contribution in [1.29, 1.82) is 0 Å². The summed E-state index contributed by atoms with van der Waals surface area (Å²) in [5.74, 6) is -2.23. The lowest BCUT2D eigenvalue weighted by molar-refractivity contribution is -0.365. The number of rotatable bonds is 13. The zero-order valence-electron chi connectivity index (χ0n) is 50.0. The van der Waals surface area contributed by atoms with Gasteiger partial charge in [-0.2, -0.15) is 0 Å². The first-order chi connectivity index (χ1) is 40.2. The molecule has 0 bridgehead atoms. The zero-order chi connectivity index (χ0) is 62.9. The number of ether oxygens (including phenoxy) is 10. The van der Waals surface area contributed by atoms with Gasteiger partial charge in [0.2, 0.25) is 6.29 Å². The van der Waals surface area contributed by atoms with Gasteiger partial charge in [0.25, 0.3) is 0 Å². The van der Waals surface area contributed by atoms with Crippen molar-refractivity contribution in [1.82, 2.24) is 0 Å². The van der Waals surface area contributed by atoms with Crippen molar-refractivity contribution in [2.24, 2.45) is 50.2 Å². The van der Waals surface area contributed by atoms with Gasteiger partial charge in [0.15, 0.2) is 30.9 Å². The van der Waals surface area contributed by atoms with Gasteiger partial charge in [-0.15, -0.1) is 0 Å². The molecule has 0 amide bonds. The number of aliphatic hydroxyl groups excluding tert-OH is 15. The third-order valence-corrected chi connectivity index (χ3v) is 22.9. The van der Waals surface area contributed by atoms with E-state index >= 15 is 9.59 Å². The second kappa shape index (κ2) is 24.4. The van der Waals surface area contributed by atoms with Gasteiger partial charge in [0.05, 0.1) is 50.2 Å². The van der Waals surface area contributed by atoms with E-state index in [-0.39, 0.29) is 30.3 Å². The fourth-order valence-electron chi connectivity index (χ4n) is 17.3. The summed E-state index contributed by atoms with van der Waals surface area (Å²) in [6.45, 7) is 13.3. The standard InChI is InChI=1S/C59H94O27/c1-23-33(64)37(68)41(72)49(79-23)84-45-29(19-60)81-48(44(75)40(45)71)78-21-30-36(67)39(70)43(74)51(82-30)86-53(76)59-15-13-54(3,4)18-26(59)25-17-27(62)47-55(5)11-10-32(56(6,22-61)31(55)9-12-58(47,8)57(25,7)14-16-59)83-52-46(35(66)28(63)20-77-52)85-50-42(73)38(69)34(65)24(2)80-50/h17,23-24,26,28-52,60-61,63-75H,9-16,18-22H2,1-8H3/t23-,24-,26-,28-,29+,30+,31+,32-,33-,34-,35-,36+,37+,38+,39-,40+,41+,42+,43+,44+,45+,46+,47+,48+,49-,50-,51-,52-,55-,56-,57+,58+,59-/m0/s1. The van der Waals surface area contributed by atoms with Gasteiger partial charge in [-0.05, 0) is 111 Å². The summed E-state index contributed by atoms with van der Waals surface area (Å²) in [7, 11) is 0. The molecule has 5 aliphatic heterocycles. The van der Waals surface area contributed by atoms with Crippen LogP contribution in [0.4, 0.5) is 0 Å². The van der Waals surface area contributed by atoms with Crippen LogP contribution in [0.1, 0.15) is 113 Å². The van der Waals surface area contributed by atoms with Gasteiger partial charge in [-0.3, -0.25) is 9.59 Å². The largest absolute Gasteiger partial charge is 0.432 e.